The Morgan fingerprint density at radius 3 is 2.41 bits per heavy atom. The molecule has 126 valence electrons. The summed E-state index contributed by atoms with van der Waals surface area (Å²) in [5.41, 5.74) is 1.93. The second-order valence-electron chi connectivity index (χ2n) is 5.51. The zero-order valence-electron chi connectivity index (χ0n) is 12.9. The van der Waals surface area contributed by atoms with E-state index in [0.717, 1.165) is 11.1 Å². The highest BCUT2D eigenvalue weighted by molar-refractivity contribution is 5.35. The second-order valence-corrected chi connectivity index (χ2v) is 5.51. The summed E-state index contributed by atoms with van der Waals surface area (Å²) in [7, 11) is 1.40. The highest BCUT2D eigenvalue weighted by Gasteiger charge is 2.38. The molecule has 0 aliphatic carbocycles. The minimum absolute atomic E-state index is 0.0298. The van der Waals surface area contributed by atoms with Crippen LogP contribution in [0.2, 0.25) is 0 Å². The van der Waals surface area contributed by atoms with E-state index in [-0.39, 0.29) is 13.2 Å². The van der Waals surface area contributed by atoms with Crippen molar-refractivity contribution in [1.29, 1.82) is 0 Å². The van der Waals surface area contributed by atoms with Gasteiger partial charge in [0.1, 0.15) is 18.5 Å². The number of rotatable bonds is 7. The van der Waals surface area contributed by atoms with E-state index in [9.17, 15) is 18.3 Å². The van der Waals surface area contributed by atoms with Crippen molar-refractivity contribution in [2.45, 2.75) is 32.2 Å². The Labute approximate surface area is 128 Å². The molecule has 4 nitrogen and oxygen atoms in total. The predicted octanol–water partition coefficient (Wildman–Crippen LogP) is 1.90. The first-order chi connectivity index (χ1) is 10.1. The molecule has 0 saturated heterocycles. The van der Waals surface area contributed by atoms with Crippen LogP contribution in [0, 0.1) is 13.8 Å². The van der Waals surface area contributed by atoms with Gasteiger partial charge in [-0.1, -0.05) is 12.1 Å². The largest absolute Gasteiger partial charge is 0.491 e. The van der Waals surface area contributed by atoms with E-state index in [4.69, 9.17) is 9.84 Å². The van der Waals surface area contributed by atoms with Crippen LogP contribution < -0.4 is 4.74 Å². The number of aliphatic hydroxyl groups is 2. The molecule has 22 heavy (non-hydrogen) atoms. The molecular weight excluding hydrogens is 299 g/mol. The van der Waals surface area contributed by atoms with Crippen molar-refractivity contribution in [2.24, 2.45) is 0 Å². The Kier molecular flexibility index (Phi) is 6.65. The second kappa shape index (κ2) is 7.80. The molecule has 0 aliphatic heterocycles. The van der Waals surface area contributed by atoms with Gasteiger partial charge in [0.25, 0.3) is 0 Å². The molecular formula is C15H22F3NO3. The third kappa shape index (κ3) is 6.21. The van der Waals surface area contributed by atoms with Gasteiger partial charge < -0.3 is 19.8 Å². The summed E-state index contributed by atoms with van der Waals surface area (Å²) in [5, 5.41) is 18.8. The van der Waals surface area contributed by atoms with Crippen LogP contribution in [0.15, 0.2) is 18.2 Å². The molecule has 0 aromatic heterocycles. The van der Waals surface area contributed by atoms with Crippen molar-refractivity contribution in [3.8, 4) is 5.75 Å². The van der Waals surface area contributed by atoms with Crippen LogP contribution in [0.25, 0.3) is 0 Å². The Morgan fingerprint density at radius 2 is 1.82 bits per heavy atom. The number of hydrogen-bond acceptors (Lipinski definition) is 4. The summed E-state index contributed by atoms with van der Waals surface area (Å²) in [5.74, 6) is 0.636. The van der Waals surface area contributed by atoms with Gasteiger partial charge in [-0.05, 0) is 38.1 Å². The number of halogens is 3. The highest BCUT2D eigenvalue weighted by Crippen LogP contribution is 2.21. The minimum Gasteiger partial charge on any atom is -0.491 e. The maximum atomic E-state index is 12.2. The van der Waals surface area contributed by atoms with Gasteiger partial charge in [-0.15, -0.1) is 0 Å². The van der Waals surface area contributed by atoms with Gasteiger partial charge in [0, 0.05) is 13.1 Å². The number of likely N-dealkylation sites (N-methyl/N-ethyl adjacent to an activating group) is 1. The molecule has 1 rings (SSSR count). The Balaban J connectivity index is 2.43. The smallest absolute Gasteiger partial charge is 0.415 e. The van der Waals surface area contributed by atoms with E-state index in [1.807, 2.05) is 32.0 Å². The fraction of sp³-hybridized carbons (Fsp3) is 0.600. The van der Waals surface area contributed by atoms with E-state index in [1.165, 1.54) is 11.9 Å². The first kappa shape index (κ1) is 18.7. The van der Waals surface area contributed by atoms with Crippen molar-refractivity contribution in [1.82, 2.24) is 4.90 Å². The fourth-order valence-corrected chi connectivity index (χ4v) is 1.93. The van der Waals surface area contributed by atoms with Crippen LogP contribution in [-0.4, -0.2) is 60.2 Å². The first-order valence-corrected chi connectivity index (χ1v) is 6.91. The number of benzene rings is 1. The summed E-state index contributed by atoms with van der Waals surface area (Å²) in [6.07, 6.45) is -8.04. The summed E-state index contributed by atoms with van der Waals surface area (Å²) in [6, 6.07) is 5.66. The standard InChI is InChI=1S/C15H22F3NO3/c1-10-4-5-11(2)13(6-10)22-9-12(20)7-19(3)8-14(21)15(16,17)18/h4-6,12,14,20-21H,7-9H2,1-3H3. The average Bonchev–Trinajstić information content (AvgIpc) is 2.38. The molecule has 0 saturated carbocycles. The molecule has 0 aliphatic rings. The maximum absolute atomic E-state index is 12.2. The Morgan fingerprint density at radius 1 is 1.18 bits per heavy atom. The number of ether oxygens (including phenoxy) is 1. The zero-order chi connectivity index (χ0) is 16.9. The molecule has 0 radical (unpaired) electrons. The molecule has 2 N–H and O–H groups in total. The Hall–Kier alpha value is -1.31. The van der Waals surface area contributed by atoms with E-state index in [1.54, 1.807) is 0 Å². The molecule has 2 unspecified atom stereocenters. The molecule has 0 bridgehead atoms. The van der Waals surface area contributed by atoms with E-state index in [0.29, 0.717) is 5.75 Å². The first-order valence-electron chi connectivity index (χ1n) is 6.91. The number of nitrogens with zero attached hydrogens (tertiary/aromatic N) is 1. The third-order valence-corrected chi connectivity index (χ3v) is 3.16. The minimum atomic E-state index is -4.66. The lowest BCUT2D eigenvalue weighted by Gasteiger charge is -2.24. The maximum Gasteiger partial charge on any atom is 0.415 e. The lowest BCUT2D eigenvalue weighted by atomic mass is 10.1. The molecule has 1 aromatic rings. The quantitative estimate of drug-likeness (QED) is 0.805. The van der Waals surface area contributed by atoms with E-state index in [2.05, 4.69) is 0 Å². The number of aliphatic hydroxyl groups excluding tert-OH is 2. The van der Waals surface area contributed by atoms with Gasteiger partial charge in [-0.25, -0.2) is 0 Å². The van der Waals surface area contributed by atoms with Crippen molar-refractivity contribution in [3.05, 3.63) is 29.3 Å². The van der Waals surface area contributed by atoms with Crippen molar-refractivity contribution in [3.63, 3.8) is 0 Å². The zero-order valence-corrected chi connectivity index (χ0v) is 12.9. The van der Waals surface area contributed by atoms with Gasteiger partial charge in [-0.2, -0.15) is 13.2 Å². The van der Waals surface area contributed by atoms with E-state index >= 15 is 0 Å². The molecule has 0 spiro atoms. The number of aryl methyl sites for hydroxylation is 2. The summed E-state index contributed by atoms with van der Waals surface area (Å²) < 4.78 is 42.2. The summed E-state index contributed by atoms with van der Waals surface area (Å²) >= 11 is 0. The van der Waals surface area contributed by atoms with Gasteiger partial charge in [-0.3, -0.25) is 0 Å². The molecule has 0 heterocycles. The monoisotopic (exact) mass is 321 g/mol. The Bertz CT molecular complexity index is 480. The topological polar surface area (TPSA) is 52.9 Å². The van der Waals surface area contributed by atoms with Gasteiger partial charge >= 0.3 is 6.18 Å². The molecule has 1 aromatic carbocycles. The lowest BCUT2D eigenvalue weighted by Crippen LogP contribution is -2.42. The molecule has 7 heteroatoms. The fourth-order valence-electron chi connectivity index (χ4n) is 1.93. The van der Waals surface area contributed by atoms with Gasteiger partial charge in [0.2, 0.25) is 0 Å². The SMILES string of the molecule is Cc1ccc(C)c(OCC(O)CN(C)CC(O)C(F)(F)F)c1. The third-order valence-electron chi connectivity index (χ3n) is 3.16. The summed E-state index contributed by atoms with van der Waals surface area (Å²) in [6.45, 7) is 3.13. The average molecular weight is 321 g/mol. The van der Waals surface area contributed by atoms with Gasteiger partial charge in [0.05, 0.1) is 0 Å². The normalized spacial score (nSPS) is 15.0. The van der Waals surface area contributed by atoms with Crippen LogP contribution in [0.3, 0.4) is 0 Å². The molecule has 2 atom stereocenters. The van der Waals surface area contributed by atoms with Crippen molar-refractivity contribution >= 4 is 0 Å². The molecule has 0 amide bonds. The molecule has 0 fully saturated rings. The van der Waals surface area contributed by atoms with Crippen LogP contribution in [0.5, 0.6) is 5.75 Å². The van der Waals surface area contributed by atoms with Crippen LogP contribution >= 0.6 is 0 Å². The van der Waals surface area contributed by atoms with E-state index < -0.39 is 24.9 Å². The lowest BCUT2D eigenvalue weighted by molar-refractivity contribution is -0.208. The van der Waals surface area contributed by atoms with Crippen molar-refractivity contribution < 1.29 is 28.1 Å². The summed E-state index contributed by atoms with van der Waals surface area (Å²) in [4.78, 5) is 1.22. The highest BCUT2D eigenvalue weighted by atomic mass is 19.4. The number of alkyl halides is 3. The van der Waals surface area contributed by atoms with Gasteiger partial charge in [0.15, 0.2) is 6.10 Å². The predicted molar refractivity (Wildman–Crippen MR) is 77.0 cm³/mol. The van der Waals surface area contributed by atoms with Crippen LogP contribution in [0.1, 0.15) is 11.1 Å². The van der Waals surface area contributed by atoms with Crippen LogP contribution in [-0.2, 0) is 0 Å². The van der Waals surface area contributed by atoms with Crippen LogP contribution in [0.4, 0.5) is 13.2 Å². The number of hydrogen-bond donors (Lipinski definition) is 2. The van der Waals surface area contributed by atoms with Crippen molar-refractivity contribution in [2.75, 3.05) is 26.7 Å².